The van der Waals surface area contributed by atoms with Crippen molar-refractivity contribution >= 4 is 11.6 Å². The quantitative estimate of drug-likeness (QED) is 0.442. The number of carbonyl (C=O) groups is 1. The van der Waals surface area contributed by atoms with E-state index in [1.165, 1.54) is 0 Å². The van der Waals surface area contributed by atoms with Crippen molar-refractivity contribution in [3.63, 3.8) is 0 Å². The Morgan fingerprint density at radius 3 is 2.34 bits per heavy atom. The van der Waals surface area contributed by atoms with Gasteiger partial charge in [0.05, 0.1) is 11.3 Å². The van der Waals surface area contributed by atoms with Gasteiger partial charge in [0.15, 0.2) is 5.82 Å². The summed E-state index contributed by atoms with van der Waals surface area (Å²) in [5, 5.41) is 11.3. The number of rotatable bonds is 5. The molecule has 0 atom stereocenters. The van der Waals surface area contributed by atoms with Gasteiger partial charge in [-0.15, -0.1) is 0 Å². The van der Waals surface area contributed by atoms with Gasteiger partial charge >= 0.3 is 5.76 Å². The molecule has 0 unspecified atom stereocenters. The summed E-state index contributed by atoms with van der Waals surface area (Å²) in [5.74, 6) is -0.667. The first-order chi connectivity index (χ1) is 15.7. The van der Waals surface area contributed by atoms with E-state index in [-0.39, 0.29) is 11.7 Å². The van der Waals surface area contributed by atoms with Gasteiger partial charge in [-0.05, 0) is 24.3 Å². The van der Waals surface area contributed by atoms with Crippen LogP contribution in [0, 0.1) is 0 Å². The molecular formula is C24H17N5O3. The predicted octanol–water partition coefficient (Wildman–Crippen LogP) is 4.13. The number of aromatic amines is 1. The first-order valence-corrected chi connectivity index (χ1v) is 9.86. The number of anilines is 1. The van der Waals surface area contributed by atoms with Crippen LogP contribution in [-0.2, 0) is 0 Å². The Hall–Kier alpha value is -4.72. The largest absolute Gasteiger partial charge is 0.439 e. The molecule has 1 amide bonds. The van der Waals surface area contributed by atoms with Crippen molar-refractivity contribution in [2.75, 3.05) is 5.32 Å². The Morgan fingerprint density at radius 2 is 1.62 bits per heavy atom. The van der Waals surface area contributed by atoms with Gasteiger partial charge in [0.2, 0.25) is 0 Å². The second kappa shape index (κ2) is 8.19. The van der Waals surface area contributed by atoms with Crippen molar-refractivity contribution in [2.45, 2.75) is 0 Å². The van der Waals surface area contributed by atoms with Crippen LogP contribution in [0.25, 0.3) is 28.3 Å². The Labute approximate surface area is 182 Å². The van der Waals surface area contributed by atoms with Crippen molar-refractivity contribution < 1.29 is 9.32 Å². The fourth-order valence-electron chi connectivity index (χ4n) is 3.36. The van der Waals surface area contributed by atoms with Crippen LogP contribution in [0.5, 0.6) is 0 Å². The molecule has 2 N–H and O–H groups in total. The summed E-state index contributed by atoms with van der Waals surface area (Å²) in [6.45, 7) is 0. The molecule has 5 aromatic rings. The average molecular weight is 423 g/mol. The van der Waals surface area contributed by atoms with Crippen LogP contribution in [0.4, 0.5) is 5.69 Å². The van der Waals surface area contributed by atoms with Gasteiger partial charge in [-0.3, -0.25) is 14.3 Å². The minimum Gasteiger partial charge on any atom is -0.322 e. The third kappa shape index (κ3) is 3.84. The first kappa shape index (κ1) is 19.3. The van der Waals surface area contributed by atoms with E-state index in [0.29, 0.717) is 22.5 Å². The second-order valence-electron chi connectivity index (χ2n) is 7.02. The molecule has 0 radical (unpaired) electrons. The van der Waals surface area contributed by atoms with Gasteiger partial charge in [0, 0.05) is 23.0 Å². The molecule has 156 valence electrons. The number of H-pyrrole nitrogens is 1. The van der Waals surface area contributed by atoms with Crippen molar-refractivity contribution in [1.82, 2.24) is 19.9 Å². The maximum absolute atomic E-state index is 13.2. The number of aromatic nitrogens is 4. The zero-order chi connectivity index (χ0) is 21.9. The number of nitrogens with one attached hydrogen (secondary N) is 2. The fourth-order valence-corrected chi connectivity index (χ4v) is 3.36. The molecule has 8 heteroatoms. The van der Waals surface area contributed by atoms with Crippen LogP contribution in [0.3, 0.4) is 0 Å². The lowest BCUT2D eigenvalue weighted by atomic mass is 10.1. The lowest BCUT2D eigenvalue weighted by molar-refractivity contribution is 0.102. The van der Waals surface area contributed by atoms with Gasteiger partial charge in [0.25, 0.3) is 5.91 Å². The smallest absolute Gasteiger partial charge is 0.322 e. The number of nitrogens with zero attached hydrogens (tertiary/aromatic N) is 3. The summed E-state index contributed by atoms with van der Waals surface area (Å²) >= 11 is 0. The number of hydrogen-bond donors (Lipinski definition) is 2. The van der Waals surface area contributed by atoms with E-state index in [0.717, 1.165) is 11.3 Å². The van der Waals surface area contributed by atoms with Gasteiger partial charge in [-0.2, -0.15) is 5.10 Å². The van der Waals surface area contributed by atoms with Crippen molar-refractivity contribution in [3.8, 4) is 28.3 Å². The van der Waals surface area contributed by atoms with Crippen LogP contribution in [0.2, 0.25) is 0 Å². The molecule has 0 saturated carbocycles. The summed E-state index contributed by atoms with van der Waals surface area (Å²) in [7, 11) is 0. The summed E-state index contributed by atoms with van der Waals surface area (Å²) in [6, 6.07) is 26.1. The summed E-state index contributed by atoms with van der Waals surface area (Å²) in [6.07, 6.45) is 1.71. The van der Waals surface area contributed by atoms with Gasteiger partial charge < -0.3 is 5.32 Å². The predicted molar refractivity (Wildman–Crippen MR) is 120 cm³/mol. The number of benzene rings is 3. The Kier molecular flexibility index (Phi) is 4.93. The van der Waals surface area contributed by atoms with E-state index in [9.17, 15) is 9.59 Å². The number of hydrogen-bond acceptors (Lipinski definition) is 5. The minimum absolute atomic E-state index is 0.285. The Balaban J connectivity index is 1.51. The third-order valence-electron chi connectivity index (χ3n) is 4.86. The molecule has 32 heavy (non-hydrogen) atoms. The summed E-state index contributed by atoms with van der Waals surface area (Å²) in [5.41, 5.74) is 3.84. The Bertz CT molecular complexity index is 1440. The first-order valence-electron chi connectivity index (χ1n) is 9.86. The highest BCUT2D eigenvalue weighted by Crippen LogP contribution is 2.25. The number of para-hydroxylation sites is 1. The standard InChI is InChI=1S/C24H17N5O3/c30-23(25-18-11-7-10-17(14-18)22-26-24(31)32-28-22)20-15-29(19-12-5-2-6-13-19)27-21(20)16-8-3-1-4-9-16/h1-15H,(H,25,30)(H,26,28,31). The minimum atomic E-state index is -0.643. The number of amides is 1. The van der Waals surface area contributed by atoms with Gasteiger partial charge in [0.1, 0.15) is 5.69 Å². The molecular weight excluding hydrogens is 406 g/mol. The molecule has 0 aliphatic rings. The third-order valence-corrected chi connectivity index (χ3v) is 4.86. The summed E-state index contributed by atoms with van der Waals surface area (Å²) in [4.78, 5) is 27.0. The SMILES string of the molecule is O=C(Nc1cccc(-c2noc(=O)[nH]2)c1)c1cn(-c2ccccc2)nc1-c1ccccc1. The molecule has 2 heterocycles. The van der Waals surface area contributed by atoms with Crippen molar-refractivity contribution in [3.05, 3.63) is 107 Å². The molecule has 0 aliphatic heterocycles. The maximum atomic E-state index is 13.2. The molecule has 2 aromatic heterocycles. The molecule has 3 aromatic carbocycles. The van der Waals surface area contributed by atoms with Crippen molar-refractivity contribution in [2.24, 2.45) is 0 Å². The topological polar surface area (TPSA) is 106 Å². The van der Waals surface area contributed by atoms with Gasteiger partial charge in [-0.25, -0.2) is 9.48 Å². The molecule has 0 spiro atoms. The van der Waals surface area contributed by atoms with E-state index in [1.807, 2.05) is 60.7 Å². The van der Waals surface area contributed by atoms with E-state index in [2.05, 4.69) is 25.1 Å². The zero-order valence-corrected chi connectivity index (χ0v) is 16.7. The average Bonchev–Trinajstić information content (AvgIpc) is 3.47. The molecule has 0 aliphatic carbocycles. The molecule has 0 fully saturated rings. The highest BCUT2D eigenvalue weighted by atomic mass is 16.5. The lowest BCUT2D eigenvalue weighted by Gasteiger charge is -2.06. The van der Waals surface area contributed by atoms with Gasteiger partial charge in [-0.1, -0.05) is 65.8 Å². The van der Waals surface area contributed by atoms with Crippen molar-refractivity contribution in [1.29, 1.82) is 0 Å². The van der Waals surface area contributed by atoms with E-state index in [4.69, 9.17) is 0 Å². The van der Waals surface area contributed by atoms with E-state index >= 15 is 0 Å². The maximum Gasteiger partial charge on any atom is 0.439 e. The highest BCUT2D eigenvalue weighted by molar-refractivity contribution is 6.08. The normalized spacial score (nSPS) is 10.8. The van der Waals surface area contributed by atoms with Crippen LogP contribution in [-0.4, -0.2) is 25.8 Å². The molecule has 8 nitrogen and oxygen atoms in total. The fraction of sp³-hybridized carbons (Fsp3) is 0. The zero-order valence-electron chi connectivity index (χ0n) is 16.7. The Morgan fingerprint density at radius 1 is 0.906 bits per heavy atom. The monoisotopic (exact) mass is 423 g/mol. The second-order valence-corrected chi connectivity index (χ2v) is 7.02. The van der Waals surface area contributed by atoms with Crippen LogP contribution in [0.1, 0.15) is 10.4 Å². The summed E-state index contributed by atoms with van der Waals surface area (Å²) < 4.78 is 6.25. The molecule has 0 bridgehead atoms. The number of carbonyl (C=O) groups excluding carboxylic acids is 1. The molecule has 0 saturated heterocycles. The lowest BCUT2D eigenvalue weighted by Crippen LogP contribution is -2.12. The molecule has 5 rings (SSSR count). The van der Waals surface area contributed by atoms with Crippen LogP contribution < -0.4 is 11.1 Å². The van der Waals surface area contributed by atoms with Crippen LogP contribution in [0.15, 0.2) is 100 Å². The van der Waals surface area contributed by atoms with E-state index in [1.54, 1.807) is 35.1 Å². The van der Waals surface area contributed by atoms with Crippen LogP contribution >= 0.6 is 0 Å². The highest BCUT2D eigenvalue weighted by Gasteiger charge is 2.19. The van der Waals surface area contributed by atoms with E-state index < -0.39 is 5.76 Å².